The average molecular weight is 252 g/mol. The molecule has 1 aromatic rings. The largest absolute Gasteiger partial charge is 0.468 e. The molecule has 2 heterocycles. The van der Waals surface area contributed by atoms with Crippen molar-refractivity contribution in [2.45, 2.75) is 46.1 Å². The molecule has 4 heteroatoms. The predicted octanol–water partition coefficient (Wildman–Crippen LogP) is 2.00. The number of nitrogens with zero attached hydrogens (tertiary/aromatic N) is 1. The summed E-state index contributed by atoms with van der Waals surface area (Å²) >= 11 is 0. The van der Waals surface area contributed by atoms with Gasteiger partial charge in [0.15, 0.2) is 0 Å². The zero-order chi connectivity index (χ0) is 13.0. The van der Waals surface area contributed by atoms with Crippen LogP contribution >= 0.6 is 0 Å². The van der Waals surface area contributed by atoms with Gasteiger partial charge in [0, 0.05) is 25.2 Å². The second-order valence-corrected chi connectivity index (χ2v) is 5.10. The molecule has 0 aliphatic carbocycles. The summed E-state index contributed by atoms with van der Waals surface area (Å²) in [5.74, 6) is 1.08. The molecule has 0 radical (unpaired) electrons. The van der Waals surface area contributed by atoms with Crippen LogP contribution in [0.5, 0.6) is 0 Å². The van der Waals surface area contributed by atoms with Crippen LogP contribution in [0.3, 0.4) is 0 Å². The Morgan fingerprint density at radius 2 is 2.06 bits per heavy atom. The van der Waals surface area contributed by atoms with Gasteiger partial charge in [-0.3, -0.25) is 4.90 Å². The maximum absolute atomic E-state index is 5.75. The van der Waals surface area contributed by atoms with Crippen molar-refractivity contribution < 1.29 is 9.15 Å². The molecule has 102 valence electrons. The Morgan fingerprint density at radius 1 is 1.33 bits per heavy atom. The van der Waals surface area contributed by atoms with Crippen molar-refractivity contribution in [3.8, 4) is 0 Å². The molecule has 0 bridgehead atoms. The molecular formula is C14H24N2O2. The van der Waals surface area contributed by atoms with Crippen molar-refractivity contribution in [1.82, 2.24) is 10.2 Å². The highest BCUT2D eigenvalue weighted by Crippen LogP contribution is 2.17. The van der Waals surface area contributed by atoms with E-state index in [9.17, 15) is 0 Å². The number of morpholine rings is 1. The molecule has 1 saturated heterocycles. The van der Waals surface area contributed by atoms with E-state index in [2.05, 4.69) is 37.1 Å². The first kappa shape index (κ1) is 13.6. The summed E-state index contributed by atoms with van der Waals surface area (Å²) in [6.45, 7) is 11.1. The Bertz CT molecular complexity index is 354. The summed E-state index contributed by atoms with van der Waals surface area (Å²) in [5.41, 5.74) is 1.27. The summed E-state index contributed by atoms with van der Waals surface area (Å²) < 4.78 is 11.4. The van der Waals surface area contributed by atoms with Gasteiger partial charge in [0.1, 0.15) is 5.76 Å². The lowest BCUT2D eigenvalue weighted by Crippen LogP contribution is -2.44. The lowest BCUT2D eigenvalue weighted by atomic mass is 10.2. The van der Waals surface area contributed by atoms with E-state index in [0.29, 0.717) is 12.2 Å². The van der Waals surface area contributed by atoms with Gasteiger partial charge < -0.3 is 14.5 Å². The Labute approximate surface area is 109 Å². The van der Waals surface area contributed by atoms with E-state index in [1.54, 1.807) is 6.26 Å². The normalized spacial score (nSPS) is 25.5. The van der Waals surface area contributed by atoms with E-state index in [0.717, 1.165) is 38.5 Å². The molecule has 0 unspecified atom stereocenters. The Hall–Kier alpha value is -0.840. The van der Waals surface area contributed by atoms with E-state index in [4.69, 9.17) is 9.15 Å². The molecule has 18 heavy (non-hydrogen) atoms. The van der Waals surface area contributed by atoms with Gasteiger partial charge in [-0.05, 0) is 26.5 Å². The van der Waals surface area contributed by atoms with Crippen molar-refractivity contribution in [2.75, 3.05) is 19.6 Å². The van der Waals surface area contributed by atoms with Gasteiger partial charge in [-0.1, -0.05) is 6.92 Å². The van der Waals surface area contributed by atoms with Gasteiger partial charge in [-0.2, -0.15) is 0 Å². The van der Waals surface area contributed by atoms with E-state index in [1.165, 1.54) is 5.56 Å². The molecule has 4 nitrogen and oxygen atoms in total. The Balaban J connectivity index is 1.94. The van der Waals surface area contributed by atoms with Gasteiger partial charge in [0.2, 0.25) is 0 Å². The highest BCUT2D eigenvalue weighted by Gasteiger charge is 2.23. The first-order chi connectivity index (χ1) is 8.69. The minimum absolute atomic E-state index is 0.306. The maximum atomic E-state index is 5.75. The summed E-state index contributed by atoms with van der Waals surface area (Å²) in [6, 6.07) is 2.06. The van der Waals surface area contributed by atoms with Crippen LogP contribution in [0.15, 0.2) is 16.7 Å². The van der Waals surface area contributed by atoms with Crippen LogP contribution in [-0.4, -0.2) is 36.7 Å². The van der Waals surface area contributed by atoms with Crippen molar-refractivity contribution in [2.24, 2.45) is 0 Å². The molecule has 1 aromatic heterocycles. The standard InChI is InChI=1S/C14H24N2O2/c1-4-15-7-13-5-6-17-14(13)10-16-8-11(2)18-12(3)9-16/h5-6,11-12,15H,4,7-10H2,1-3H3/t11-,12+. The lowest BCUT2D eigenvalue weighted by molar-refractivity contribution is -0.0719. The summed E-state index contributed by atoms with van der Waals surface area (Å²) in [7, 11) is 0. The molecular weight excluding hydrogens is 228 g/mol. The van der Waals surface area contributed by atoms with Crippen molar-refractivity contribution in [3.63, 3.8) is 0 Å². The van der Waals surface area contributed by atoms with Gasteiger partial charge in [-0.15, -0.1) is 0 Å². The molecule has 0 aromatic carbocycles. The van der Waals surface area contributed by atoms with Gasteiger partial charge >= 0.3 is 0 Å². The quantitative estimate of drug-likeness (QED) is 0.870. The fourth-order valence-corrected chi connectivity index (χ4v) is 2.54. The molecule has 1 aliphatic rings. The van der Waals surface area contributed by atoms with E-state index < -0.39 is 0 Å². The summed E-state index contributed by atoms with van der Waals surface area (Å²) in [5, 5.41) is 3.34. The predicted molar refractivity (Wildman–Crippen MR) is 71.4 cm³/mol. The van der Waals surface area contributed by atoms with Crippen LogP contribution in [0.2, 0.25) is 0 Å². The van der Waals surface area contributed by atoms with E-state index in [1.807, 2.05) is 0 Å². The molecule has 0 amide bonds. The minimum atomic E-state index is 0.306. The van der Waals surface area contributed by atoms with Crippen LogP contribution in [0, 0.1) is 0 Å². The first-order valence-corrected chi connectivity index (χ1v) is 6.82. The fourth-order valence-electron chi connectivity index (χ4n) is 2.54. The number of furan rings is 1. The number of ether oxygens (including phenoxy) is 1. The van der Waals surface area contributed by atoms with Crippen molar-refractivity contribution in [1.29, 1.82) is 0 Å². The minimum Gasteiger partial charge on any atom is -0.468 e. The van der Waals surface area contributed by atoms with Crippen LogP contribution in [0.25, 0.3) is 0 Å². The number of hydrogen-bond acceptors (Lipinski definition) is 4. The zero-order valence-electron chi connectivity index (χ0n) is 11.6. The molecule has 0 spiro atoms. The molecule has 1 fully saturated rings. The third-order valence-electron chi connectivity index (χ3n) is 3.27. The second-order valence-electron chi connectivity index (χ2n) is 5.10. The Morgan fingerprint density at radius 3 is 2.72 bits per heavy atom. The summed E-state index contributed by atoms with van der Waals surface area (Å²) in [4.78, 5) is 2.41. The van der Waals surface area contributed by atoms with Crippen molar-refractivity contribution >= 4 is 0 Å². The van der Waals surface area contributed by atoms with Crippen LogP contribution in [0.4, 0.5) is 0 Å². The summed E-state index contributed by atoms with van der Waals surface area (Å²) in [6.07, 6.45) is 2.40. The number of nitrogens with one attached hydrogen (secondary N) is 1. The molecule has 2 rings (SSSR count). The maximum Gasteiger partial charge on any atom is 0.122 e. The molecule has 1 N–H and O–H groups in total. The van der Waals surface area contributed by atoms with Crippen LogP contribution in [-0.2, 0) is 17.8 Å². The number of hydrogen-bond donors (Lipinski definition) is 1. The fraction of sp³-hybridized carbons (Fsp3) is 0.714. The number of rotatable bonds is 5. The van der Waals surface area contributed by atoms with Crippen LogP contribution < -0.4 is 5.32 Å². The highest BCUT2D eigenvalue weighted by atomic mass is 16.5. The topological polar surface area (TPSA) is 37.6 Å². The van der Waals surface area contributed by atoms with Crippen molar-refractivity contribution in [3.05, 3.63) is 23.7 Å². The van der Waals surface area contributed by atoms with Gasteiger partial charge in [0.25, 0.3) is 0 Å². The SMILES string of the molecule is CCNCc1ccoc1CN1C[C@@H](C)O[C@@H](C)C1. The van der Waals surface area contributed by atoms with E-state index in [-0.39, 0.29) is 0 Å². The molecule has 0 saturated carbocycles. The first-order valence-electron chi connectivity index (χ1n) is 6.82. The Kier molecular flexibility index (Phi) is 4.80. The van der Waals surface area contributed by atoms with Crippen LogP contribution in [0.1, 0.15) is 32.1 Å². The van der Waals surface area contributed by atoms with Gasteiger partial charge in [-0.25, -0.2) is 0 Å². The third kappa shape index (κ3) is 3.57. The average Bonchev–Trinajstić information content (AvgIpc) is 2.72. The zero-order valence-corrected chi connectivity index (χ0v) is 11.6. The van der Waals surface area contributed by atoms with E-state index >= 15 is 0 Å². The highest BCUT2D eigenvalue weighted by molar-refractivity contribution is 5.16. The third-order valence-corrected chi connectivity index (χ3v) is 3.27. The van der Waals surface area contributed by atoms with Gasteiger partial charge in [0.05, 0.1) is 25.0 Å². The lowest BCUT2D eigenvalue weighted by Gasteiger charge is -2.34. The molecule has 2 atom stereocenters. The molecule has 1 aliphatic heterocycles. The monoisotopic (exact) mass is 252 g/mol. The second kappa shape index (κ2) is 6.36. The smallest absolute Gasteiger partial charge is 0.122 e.